The van der Waals surface area contributed by atoms with Crippen molar-refractivity contribution in [3.05, 3.63) is 22.2 Å². The van der Waals surface area contributed by atoms with E-state index >= 15 is 0 Å². The normalized spacial score (nSPS) is 10.9. The molecule has 0 spiro atoms. The molecule has 6 heteroatoms. The second-order valence-corrected chi connectivity index (χ2v) is 5.47. The molecule has 1 aromatic heterocycles. The second kappa shape index (κ2) is 7.07. The number of pyridine rings is 1. The van der Waals surface area contributed by atoms with Gasteiger partial charge in [0.25, 0.3) is 0 Å². The van der Waals surface area contributed by atoms with E-state index in [0.29, 0.717) is 17.6 Å². The van der Waals surface area contributed by atoms with Gasteiger partial charge in [-0.3, -0.25) is 10.1 Å². The first-order valence-corrected chi connectivity index (χ1v) is 7.02. The van der Waals surface area contributed by atoms with E-state index in [-0.39, 0.29) is 16.7 Å². The zero-order valence-electron chi connectivity index (χ0n) is 12.9. The molecular weight excluding hydrogens is 256 g/mol. The fraction of sp³-hybridized carbons (Fsp3) is 0.643. The molecule has 0 radical (unpaired) electrons. The summed E-state index contributed by atoms with van der Waals surface area (Å²) in [4.78, 5) is 17.3. The Morgan fingerprint density at radius 1 is 1.35 bits per heavy atom. The fourth-order valence-electron chi connectivity index (χ4n) is 2.01. The Morgan fingerprint density at radius 3 is 2.45 bits per heavy atom. The van der Waals surface area contributed by atoms with Crippen LogP contribution in [0, 0.1) is 16.0 Å². The van der Waals surface area contributed by atoms with Gasteiger partial charge in [0.1, 0.15) is 5.82 Å². The highest BCUT2D eigenvalue weighted by atomic mass is 16.6. The summed E-state index contributed by atoms with van der Waals surface area (Å²) < 4.78 is 0. The van der Waals surface area contributed by atoms with Crippen molar-refractivity contribution in [3.63, 3.8) is 0 Å². The SMILES string of the molecule is CCNc1ccc([N+](=O)[O-])c(N(CC(C)C)C(C)C)n1. The first kappa shape index (κ1) is 16.2. The van der Waals surface area contributed by atoms with E-state index in [1.165, 1.54) is 6.07 Å². The van der Waals surface area contributed by atoms with Crippen LogP contribution in [-0.4, -0.2) is 29.0 Å². The van der Waals surface area contributed by atoms with Gasteiger partial charge in [-0.05, 0) is 32.8 Å². The molecule has 0 fully saturated rings. The molecule has 0 aliphatic carbocycles. The summed E-state index contributed by atoms with van der Waals surface area (Å²) in [7, 11) is 0. The fourth-order valence-corrected chi connectivity index (χ4v) is 2.01. The molecule has 0 amide bonds. The molecule has 6 nitrogen and oxygen atoms in total. The second-order valence-electron chi connectivity index (χ2n) is 5.47. The molecule has 1 N–H and O–H groups in total. The molecule has 112 valence electrons. The van der Waals surface area contributed by atoms with E-state index in [4.69, 9.17) is 0 Å². The molecule has 0 aliphatic heterocycles. The third-order valence-electron chi connectivity index (χ3n) is 2.87. The predicted molar refractivity (Wildman–Crippen MR) is 82.4 cm³/mol. The molecule has 0 unspecified atom stereocenters. The summed E-state index contributed by atoms with van der Waals surface area (Å²) >= 11 is 0. The summed E-state index contributed by atoms with van der Waals surface area (Å²) in [6, 6.07) is 3.33. The quantitative estimate of drug-likeness (QED) is 0.613. The highest BCUT2D eigenvalue weighted by Crippen LogP contribution is 2.29. The van der Waals surface area contributed by atoms with Crippen LogP contribution in [0.4, 0.5) is 17.3 Å². The predicted octanol–water partition coefficient (Wildman–Crippen LogP) is 3.29. The largest absolute Gasteiger partial charge is 0.370 e. The van der Waals surface area contributed by atoms with Crippen LogP contribution in [0.2, 0.25) is 0 Å². The van der Waals surface area contributed by atoms with Crippen LogP contribution in [0.5, 0.6) is 0 Å². The van der Waals surface area contributed by atoms with Crippen LogP contribution < -0.4 is 10.2 Å². The standard InChI is InChI=1S/C14H24N4O2/c1-6-15-13-8-7-12(18(19)20)14(16-13)17(11(4)5)9-10(2)3/h7-8,10-11H,6,9H2,1-5H3,(H,15,16). The van der Waals surface area contributed by atoms with Crippen molar-refractivity contribution < 1.29 is 4.92 Å². The Balaban J connectivity index is 3.27. The Hall–Kier alpha value is -1.85. The minimum atomic E-state index is -0.367. The first-order valence-electron chi connectivity index (χ1n) is 7.02. The van der Waals surface area contributed by atoms with Crippen LogP contribution in [0.3, 0.4) is 0 Å². The first-order chi connectivity index (χ1) is 9.36. The maximum atomic E-state index is 11.2. The molecule has 1 aromatic rings. The topological polar surface area (TPSA) is 71.3 Å². The van der Waals surface area contributed by atoms with Crippen LogP contribution in [-0.2, 0) is 0 Å². The van der Waals surface area contributed by atoms with E-state index in [9.17, 15) is 10.1 Å². The van der Waals surface area contributed by atoms with E-state index in [1.54, 1.807) is 6.07 Å². The molecule has 0 aromatic carbocycles. The van der Waals surface area contributed by atoms with E-state index in [2.05, 4.69) is 24.1 Å². The Morgan fingerprint density at radius 2 is 2.00 bits per heavy atom. The number of hydrogen-bond donors (Lipinski definition) is 1. The van der Waals surface area contributed by atoms with Crippen LogP contribution in [0.25, 0.3) is 0 Å². The third kappa shape index (κ3) is 4.08. The van der Waals surface area contributed by atoms with Gasteiger partial charge in [-0.15, -0.1) is 0 Å². The summed E-state index contributed by atoms with van der Waals surface area (Å²) in [6.07, 6.45) is 0. The van der Waals surface area contributed by atoms with Crippen LogP contribution in [0.15, 0.2) is 12.1 Å². The number of aromatic nitrogens is 1. The number of anilines is 2. The van der Waals surface area contributed by atoms with Gasteiger partial charge in [-0.25, -0.2) is 4.98 Å². The third-order valence-corrected chi connectivity index (χ3v) is 2.87. The molecule has 1 heterocycles. The Labute approximate surface area is 120 Å². The lowest BCUT2D eigenvalue weighted by Crippen LogP contribution is -2.35. The van der Waals surface area contributed by atoms with Gasteiger partial charge >= 0.3 is 5.69 Å². The van der Waals surface area contributed by atoms with Gasteiger partial charge in [0.05, 0.1) is 4.92 Å². The molecule has 20 heavy (non-hydrogen) atoms. The van der Waals surface area contributed by atoms with Crippen molar-refractivity contribution in [2.45, 2.75) is 40.7 Å². The highest BCUT2D eigenvalue weighted by Gasteiger charge is 2.24. The van der Waals surface area contributed by atoms with Crippen molar-refractivity contribution in [1.82, 2.24) is 4.98 Å². The zero-order chi connectivity index (χ0) is 15.3. The summed E-state index contributed by atoms with van der Waals surface area (Å²) in [6.45, 7) is 11.7. The Bertz CT molecular complexity index is 460. The van der Waals surface area contributed by atoms with E-state index < -0.39 is 0 Å². The summed E-state index contributed by atoms with van der Waals surface area (Å²) in [5.74, 6) is 1.52. The molecule has 0 atom stereocenters. The van der Waals surface area contributed by atoms with Crippen molar-refractivity contribution in [1.29, 1.82) is 0 Å². The van der Waals surface area contributed by atoms with Gasteiger partial charge in [-0.2, -0.15) is 0 Å². The lowest BCUT2D eigenvalue weighted by molar-refractivity contribution is -0.384. The van der Waals surface area contributed by atoms with Crippen molar-refractivity contribution in [2.24, 2.45) is 5.92 Å². The van der Waals surface area contributed by atoms with Crippen molar-refractivity contribution in [3.8, 4) is 0 Å². The van der Waals surface area contributed by atoms with E-state index in [1.807, 2.05) is 25.7 Å². The van der Waals surface area contributed by atoms with Gasteiger partial charge in [0.15, 0.2) is 0 Å². The summed E-state index contributed by atoms with van der Waals surface area (Å²) in [5.41, 5.74) is 0.0565. The molecule has 0 saturated carbocycles. The number of rotatable bonds is 7. The smallest absolute Gasteiger partial charge is 0.311 e. The molecule has 0 bridgehead atoms. The van der Waals surface area contributed by atoms with Crippen LogP contribution >= 0.6 is 0 Å². The minimum absolute atomic E-state index is 0.0565. The van der Waals surface area contributed by atoms with Gasteiger partial charge in [0, 0.05) is 25.2 Å². The molecule has 0 aliphatic rings. The minimum Gasteiger partial charge on any atom is -0.370 e. The summed E-state index contributed by atoms with van der Waals surface area (Å²) in [5, 5.41) is 14.3. The highest BCUT2D eigenvalue weighted by molar-refractivity contribution is 5.62. The number of nitrogens with one attached hydrogen (secondary N) is 1. The number of hydrogen-bond acceptors (Lipinski definition) is 5. The van der Waals surface area contributed by atoms with Crippen molar-refractivity contribution >= 4 is 17.3 Å². The van der Waals surface area contributed by atoms with Crippen LogP contribution in [0.1, 0.15) is 34.6 Å². The van der Waals surface area contributed by atoms with Gasteiger partial charge < -0.3 is 10.2 Å². The number of nitro groups is 1. The van der Waals surface area contributed by atoms with Gasteiger partial charge in [-0.1, -0.05) is 13.8 Å². The molecule has 0 saturated heterocycles. The Kier molecular flexibility index (Phi) is 5.73. The van der Waals surface area contributed by atoms with Gasteiger partial charge in [0.2, 0.25) is 5.82 Å². The average Bonchev–Trinajstić information content (AvgIpc) is 2.35. The zero-order valence-corrected chi connectivity index (χ0v) is 12.9. The average molecular weight is 280 g/mol. The molecular formula is C14H24N4O2. The van der Waals surface area contributed by atoms with E-state index in [0.717, 1.165) is 13.1 Å². The maximum absolute atomic E-state index is 11.2. The molecule has 1 rings (SSSR count). The lowest BCUT2D eigenvalue weighted by Gasteiger charge is -2.29. The lowest BCUT2D eigenvalue weighted by atomic mass is 10.1. The maximum Gasteiger partial charge on any atom is 0.311 e. The number of nitrogens with zero attached hydrogens (tertiary/aromatic N) is 3. The van der Waals surface area contributed by atoms with Crippen molar-refractivity contribution in [2.75, 3.05) is 23.3 Å². The monoisotopic (exact) mass is 280 g/mol.